The lowest BCUT2D eigenvalue weighted by molar-refractivity contribution is -0.123. The first-order valence-corrected chi connectivity index (χ1v) is 7.60. The lowest BCUT2D eigenvalue weighted by Gasteiger charge is -2.28. The molecule has 4 nitrogen and oxygen atoms in total. The number of fused-ring (bicyclic) bond motifs is 1. The summed E-state index contributed by atoms with van der Waals surface area (Å²) in [6.45, 7) is 0.826. The number of rotatable bonds is 3. The third-order valence-electron chi connectivity index (χ3n) is 4.59. The van der Waals surface area contributed by atoms with Gasteiger partial charge in [-0.3, -0.25) is 4.79 Å². The van der Waals surface area contributed by atoms with Crippen LogP contribution in [0.3, 0.4) is 0 Å². The van der Waals surface area contributed by atoms with E-state index in [1.54, 1.807) is 6.07 Å². The zero-order chi connectivity index (χ0) is 15.0. The Hall–Kier alpha value is -1.62. The molecule has 0 spiro atoms. The molecule has 0 saturated heterocycles. The number of halogens is 1. The Balaban J connectivity index is 1.79. The van der Waals surface area contributed by atoms with Crippen LogP contribution in [0.2, 0.25) is 0 Å². The molecule has 1 amide bonds. The van der Waals surface area contributed by atoms with Crippen LogP contribution in [0.25, 0.3) is 0 Å². The van der Waals surface area contributed by atoms with Gasteiger partial charge in [0.2, 0.25) is 0 Å². The fraction of sp³-hybridized carbons (Fsp3) is 0.562. The summed E-state index contributed by atoms with van der Waals surface area (Å²) in [7, 11) is 1.88. The molecule has 1 aromatic rings. The highest BCUT2D eigenvalue weighted by Crippen LogP contribution is 2.36. The first-order chi connectivity index (χ1) is 10.1. The van der Waals surface area contributed by atoms with Crippen molar-refractivity contribution < 1.29 is 14.3 Å². The van der Waals surface area contributed by atoms with Crippen LogP contribution in [0.4, 0.5) is 15.8 Å². The molecule has 1 unspecified atom stereocenters. The molecule has 5 heteroatoms. The van der Waals surface area contributed by atoms with Crippen LogP contribution in [-0.4, -0.2) is 24.6 Å². The molecule has 1 aliphatic carbocycles. The SMILES string of the molecule is CN(CC1CCCCC1)c1cc2c(cc1F)C(O)C(=O)N2. The lowest BCUT2D eigenvalue weighted by atomic mass is 9.89. The monoisotopic (exact) mass is 292 g/mol. The number of amides is 1. The summed E-state index contributed by atoms with van der Waals surface area (Å²) < 4.78 is 14.3. The fourth-order valence-corrected chi connectivity index (χ4v) is 3.40. The Morgan fingerprint density at radius 1 is 1.33 bits per heavy atom. The maximum Gasteiger partial charge on any atom is 0.257 e. The average molecular weight is 292 g/mol. The number of hydrogen-bond acceptors (Lipinski definition) is 3. The van der Waals surface area contributed by atoms with E-state index >= 15 is 0 Å². The van der Waals surface area contributed by atoms with Crippen LogP contribution in [0.1, 0.15) is 43.8 Å². The van der Waals surface area contributed by atoms with Crippen molar-refractivity contribution in [2.24, 2.45) is 5.92 Å². The highest BCUT2D eigenvalue weighted by molar-refractivity contribution is 6.02. The van der Waals surface area contributed by atoms with Crippen molar-refractivity contribution in [1.82, 2.24) is 0 Å². The first kappa shape index (κ1) is 14.3. The van der Waals surface area contributed by atoms with Gasteiger partial charge in [-0.2, -0.15) is 0 Å². The van der Waals surface area contributed by atoms with Crippen molar-refractivity contribution in [3.8, 4) is 0 Å². The van der Waals surface area contributed by atoms with Crippen LogP contribution < -0.4 is 10.2 Å². The summed E-state index contributed by atoms with van der Waals surface area (Å²) in [5.41, 5.74) is 1.32. The summed E-state index contributed by atoms with van der Waals surface area (Å²) >= 11 is 0. The van der Waals surface area contributed by atoms with E-state index in [4.69, 9.17) is 0 Å². The first-order valence-electron chi connectivity index (χ1n) is 7.60. The molecule has 2 aliphatic rings. The predicted octanol–water partition coefficient (Wildman–Crippen LogP) is 2.83. The number of nitrogens with zero attached hydrogens (tertiary/aromatic N) is 1. The zero-order valence-corrected chi connectivity index (χ0v) is 12.2. The van der Waals surface area contributed by atoms with Crippen molar-refractivity contribution in [3.05, 3.63) is 23.5 Å². The second kappa shape index (κ2) is 5.64. The smallest absolute Gasteiger partial charge is 0.257 e. The molecule has 1 heterocycles. The van der Waals surface area contributed by atoms with E-state index in [0.717, 1.165) is 6.54 Å². The zero-order valence-electron chi connectivity index (χ0n) is 12.2. The van der Waals surface area contributed by atoms with Gasteiger partial charge in [0.1, 0.15) is 5.82 Å². The Kier molecular flexibility index (Phi) is 3.85. The minimum atomic E-state index is -1.26. The third kappa shape index (κ3) is 2.75. The van der Waals surface area contributed by atoms with Gasteiger partial charge in [0.05, 0.1) is 5.69 Å². The minimum absolute atomic E-state index is 0.326. The van der Waals surface area contributed by atoms with Gasteiger partial charge >= 0.3 is 0 Å². The van der Waals surface area contributed by atoms with Gasteiger partial charge < -0.3 is 15.3 Å². The van der Waals surface area contributed by atoms with E-state index in [1.807, 2.05) is 11.9 Å². The summed E-state index contributed by atoms with van der Waals surface area (Å²) in [6, 6.07) is 2.90. The second-order valence-corrected chi connectivity index (χ2v) is 6.17. The van der Waals surface area contributed by atoms with Gasteiger partial charge in [-0.15, -0.1) is 0 Å². The minimum Gasteiger partial charge on any atom is -0.378 e. The van der Waals surface area contributed by atoms with E-state index < -0.39 is 12.0 Å². The van der Waals surface area contributed by atoms with Gasteiger partial charge in [0, 0.05) is 24.8 Å². The molecular weight excluding hydrogens is 271 g/mol. The molecule has 21 heavy (non-hydrogen) atoms. The number of benzene rings is 1. The van der Waals surface area contributed by atoms with Crippen LogP contribution in [0.15, 0.2) is 12.1 Å². The summed E-state index contributed by atoms with van der Waals surface area (Å²) in [4.78, 5) is 13.4. The van der Waals surface area contributed by atoms with Crippen molar-refractivity contribution in [3.63, 3.8) is 0 Å². The number of aliphatic hydroxyl groups is 1. The second-order valence-electron chi connectivity index (χ2n) is 6.17. The molecule has 2 N–H and O–H groups in total. The van der Waals surface area contributed by atoms with Crippen molar-refractivity contribution in [2.45, 2.75) is 38.2 Å². The molecule has 0 radical (unpaired) electrons. The van der Waals surface area contributed by atoms with Crippen LogP contribution in [0, 0.1) is 11.7 Å². The van der Waals surface area contributed by atoms with Gasteiger partial charge in [-0.1, -0.05) is 19.3 Å². The van der Waals surface area contributed by atoms with Gasteiger partial charge in [0.25, 0.3) is 5.91 Å². The van der Waals surface area contributed by atoms with Crippen molar-refractivity contribution >= 4 is 17.3 Å². The molecule has 1 aliphatic heterocycles. The van der Waals surface area contributed by atoms with Crippen molar-refractivity contribution in [2.75, 3.05) is 23.8 Å². The number of anilines is 2. The number of nitrogens with one attached hydrogen (secondary N) is 1. The molecule has 1 aromatic carbocycles. The van der Waals surface area contributed by atoms with E-state index in [9.17, 15) is 14.3 Å². The average Bonchev–Trinajstić information content (AvgIpc) is 2.74. The Bertz CT molecular complexity index is 555. The fourth-order valence-electron chi connectivity index (χ4n) is 3.40. The molecule has 1 atom stereocenters. The molecule has 1 fully saturated rings. The number of carbonyl (C=O) groups is 1. The van der Waals surface area contributed by atoms with E-state index in [-0.39, 0.29) is 5.82 Å². The number of hydrogen-bond donors (Lipinski definition) is 2. The topological polar surface area (TPSA) is 52.6 Å². The van der Waals surface area contributed by atoms with Gasteiger partial charge in [-0.25, -0.2) is 4.39 Å². The molecule has 0 bridgehead atoms. The predicted molar refractivity (Wildman–Crippen MR) is 79.8 cm³/mol. The highest BCUT2D eigenvalue weighted by atomic mass is 19.1. The molecule has 3 rings (SSSR count). The Morgan fingerprint density at radius 3 is 2.76 bits per heavy atom. The molecule has 0 aromatic heterocycles. The van der Waals surface area contributed by atoms with Crippen molar-refractivity contribution in [1.29, 1.82) is 0 Å². The highest BCUT2D eigenvalue weighted by Gasteiger charge is 2.30. The Labute approximate surface area is 124 Å². The maximum atomic E-state index is 14.3. The van der Waals surface area contributed by atoms with Crippen LogP contribution in [-0.2, 0) is 4.79 Å². The maximum absolute atomic E-state index is 14.3. The largest absolute Gasteiger partial charge is 0.378 e. The number of carbonyl (C=O) groups excluding carboxylic acids is 1. The van der Waals surface area contributed by atoms with Gasteiger partial charge in [0.15, 0.2) is 6.10 Å². The van der Waals surface area contributed by atoms with E-state index in [2.05, 4.69) is 5.32 Å². The summed E-state index contributed by atoms with van der Waals surface area (Å²) in [5, 5.41) is 12.3. The summed E-state index contributed by atoms with van der Waals surface area (Å²) in [5.74, 6) is -0.268. The van der Waals surface area contributed by atoms with Crippen LogP contribution >= 0.6 is 0 Å². The quantitative estimate of drug-likeness (QED) is 0.900. The molecular formula is C16H21FN2O2. The third-order valence-corrected chi connectivity index (χ3v) is 4.59. The summed E-state index contributed by atoms with van der Waals surface area (Å²) in [6.07, 6.45) is 4.96. The molecule has 114 valence electrons. The number of aliphatic hydroxyl groups excluding tert-OH is 1. The van der Waals surface area contributed by atoms with E-state index in [0.29, 0.717) is 22.9 Å². The van der Waals surface area contributed by atoms with Gasteiger partial charge in [-0.05, 0) is 30.9 Å². The van der Waals surface area contributed by atoms with E-state index in [1.165, 1.54) is 38.2 Å². The normalized spacial score (nSPS) is 22.0. The lowest BCUT2D eigenvalue weighted by Crippen LogP contribution is -2.27. The Morgan fingerprint density at radius 2 is 2.05 bits per heavy atom. The molecule has 1 saturated carbocycles. The standard InChI is InChI=1S/C16H21FN2O2/c1-19(9-10-5-3-2-4-6-10)14-8-13-11(7-12(14)17)15(20)16(21)18-13/h7-8,10,15,20H,2-6,9H2,1H3,(H,18,21). The van der Waals surface area contributed by atoms with Crippen LogP contribution in [0.5, 0.6) is 0 Å².